The second-order valence-electron chi connectivity index (χ2n) is 6.71. The molecule has 0 unspecified atom stereocenters. The van der Waals surface area contributed by atoms with Crippen LogP contribution in [0.15, 0.2) is 17.6 Å². The summed E-state index contributed by atoms with van der Waals surface area (Å²) in [6.07, 6.45) is 11.0. The summed E-state index contributed by atoms with van der Waals surface area (Å²) in [5.41, 5.74) is -0.615. The first-order valence-electron chi connectivity index (χ1n) is 8.46. The monoisotopic (exact) mass is 332 g/mol. The molecule has 1 heterocycles. The van der Waals surface area contributed by atoms with E-state index in [0.29, 0.717) is 6.04 Å². The van der Waals surface area contributed by atoms with E-state index in [1.807, 2.05) is 13.1 Å². The Morgan fingerprint density at radius 1 is 1.48 bits per heavy atom. The lowest BCUT2D eigenvalue weighted by atomic mass is 9.81. The first-order valence-corrected chi connectivity index (χ1v) is 9.34. The predicted octanol–water partition coefficient (Wildman–Crippen LogP) is 3.38. The van der Waals surface area contributed by atoms with Gasteiger partial charge in [-0.05, 0) is 32.6 Å². The van der Waals surface area contributed by atoms with E-state index >= 15 is 0 Å². The van der Waals surface area contributed by atoms with Gasteiger partial charge in [-0.25, -0.2) is 4.98 Å². The number of nitriles is 1. The van der Waals surface area contributed by atoms with Gasteiger partial charge in [0.25, 0.3) is 0 Å². The van der Waals surface area contributed by atoms with E-state index in [-0.39, 0.29) is 11.2 Å². The van der Waals surface area contributed by atoms with E-state index in [2.05, 4.69) is 15.6 Å². The molecular formula is C17H24N4OS. The fourth-order valence-corrected chi connectivity index (χ4v) is 4.40. The average Bonchev–Trinajstić information content (AvgIpc) is 3.33. The Morgan fingerprint density at radius 2 is 2.17 bits per heavy atom. The Morgan fingerprint density at radius 3 is 2.78 bits per heavy atom. The molecule has 0 aromatic carbocycles. The molecule has 1 aromatic rings. The highest BCUT2D eigenvalue weighted by molar-refractivity contribution is 8.00. The van der Waals surface area contributed by atoms with Crippen molar-refractivity contribution in [3.05, 3.63) is 12.4 Å². The summed E-state index contributed by atoms with van der Waals surface area (Å²) in [6, 6.07) is 2.99. The molecule has 124 valence electrons. The highest BCUT2D eigenvalue weighted by Gasteiger charge is 2.40. The van der Waals surface area contributed by atoms with Crippen LogP contribution < -0.4 is 0 Å². The van der Waals surface area contributed by atoms with Crippen LogP contribution in [0.1, 0.15) is 57.9 Å². The highest BCUT2D eigenvalue weighted by Crippen LogP contribution is 2.39. The molecule has 0 saturated heterocycles. The summed E-state index contributed by atoms with van der Waals surface area (Å²) in [6.45, 7) is 1.92. The van der Waals surface area contributed by atoms with Gasteiger partial charge < -0.3 is 9.47 Å². The fraction of sp³-hybridized carbons (Fsp3) is 0.706. The maximum absolute atomic E-state index is 12.8. The number of nitrogens with zero attached hydrogens (tertiary/aromatic N) is 4. The van der Waals surface area contributed by atoms with Gasteiger partial charge in [0.2, 0.25) is 5.91 Å². The first-order chi connectivity index (χ1) is 11.1. The molecule has 0 aliphatic heterocycles. The summed E-state index contributed by atoms with van der Waals surface area (Å²) < 4.78 is 2.18. The maximum Gasteiger partial charge on any atom is 0.236 e. The van der Waals surface area contributed by atoms with Crippen molar-refractivity contribution >= 4 is 17.7 Å². The SMILES string of the molecule is C[C@H](Sc1nccn1C1CC1)C(=O)N(C)C1(C#N)CCCCC1. The zero-order valence-corrected chi connectivity index (χ0v) is 14.7. The molecule has 3 rings (SSSR count). The number of hydrogen-bond acceptors (Lipinski definition) is 4. The zero-order valence-electron chi connectivity index (χ0n) is 13.9. The Bertz CT molecular complexity index is 610. The van der Waals surface area contributed by atoms with E-state index < -0.39 is 5.54 Å². The number of carbonyl (C=O) groups excluding carboxylic acids is 1. The van der Waals surface area contributed by atoms with E-state index in [1.165, 1.54) is 24.6 Å². The lowest BCUT2D eigenvalue weighted by Crippen LogP contribution is -2.52. The average molecular weight is 332 g/mol. The minimum absolute atomic E-state index is 0.0313. The Labute approximate surface area is 142 Å². The quantitative estimate of drug-likeness (QED) is 0.776. The molecule has 2 aliphatic carbocycles. The minimum Gasteiger partial charge on any atom is -0.326 e. The van der Waals surface area contributed by atoms with Crippen molar-refractivity contribution < 1.29 is 4.79 Å². The van der Waals surface area contributed by atoms with Gasteiger partial charge in [0.15, 0.2) is 5.16 Å². The third-order valence-electron chi connectivity index (χ3n) is 5.06. The molecule has 1 atom stereocenters. The van der Waals surface area contributed by atoms with Gasteiger partial charge in [-0.1, -0.05) is 31.0 Å². The van der Waals surface area contributed by atoms with Crippen LogP contribution in [0, 0.1) is 11.3 Å². The second kappa shape index (κ2) is 6.56. The van der Waals surface area contributed by atoms with Gasteiger partial charge in [0.05, 0.1) is 11.3 Å². The van der Waals surface area contributed by atoms with E-state index in [0.717, 1.165) is 37.3 Å². The Kier molecular flexibility index (Phi) is 4.67. The van der Waals surface area contributed by atoms with Crippen LogP contribution in [0.3, 0.4) is 0 Å². The number of aromatic nitrogens is 2. The largest absolute Gasteiger partial charge is 0.326 e. The Balaban J connectivity index is 1.68. The second-order valence-corrected chi connectivity index (χ2v) is 8.02. The molecule has 1 amide bonds. The van der Waals surface area contributed by atoms with Gasteiger partial charge in [0.1, 0.15) is 5.54 Å². The number of hydrogen-bond donors (Lipinski definition) is 0. The number of imidazole rings is 1. The summed E-state index contributed by atoms with van der Waals surface area (Å²) in [4.78, 5) is 18.9. The van der Waals surface area contributed by atoms with E-state index in [9.17, 15) is 10.1 Å². The van der Waals surface area contributed by atoms with Crippen LogP contribution in [-0.4, -0.2) is 38.2 Å². The summed E-state index contributed by atoms with van der Waals surface area (Å²) in [5.74, 6) is 0.0313. The standard InChI is InChI=1S/C17H24N4OS/c1-13(23-16-19-10-11-21(16)14-6-7-14)15(22)20(2)17(12-18)8-4-3-5-9-17/h10-11,13-14H,3-9H2,1-2H3/t13-/m0/s1. The molecule has 1 aromatic heterocycles. The molecule has 0 radical (unpaired) electrons. The third-order valence-corrected chi connectivity index (χ3v) is 6.15. The molecule has 5 nitrogen and oxygen atoms in total. The van der Waals surface area contributed by atoms with Gasteiger partial charge in [0, 0.05) is 25.5 Å². The smallest absolute Gasteiger partial charge is 0.236 e. The van der Waals surface area contributed by atoms with E-state index in [4.69, 9.17) is 0 Å². The van der Waals surface area contributed by atoms with Crippen LogP contribution in [0.4, 0.5) is 0 Å². The van der Waals surface area contributed by atoms with Crippen LogP contribution >= 0.6 is 11.8 Å². The maximum atomic E-state index is 12.8. The molecule has 2 aliphatic rings. The van der Waals surface area contributed by atoms with Gasteiger partial charge in [-0.2, -0.15) is 5.26 Å². The summed E-state index contributed by atoms with van der Waals surface area (Å²) in [7, 11) is 1.79. The third kappa shape index (κ3) is 3.25. The number of rotatable bonds is 5. The van der Waals surface area contributed by atoms with Crippen molar-refractivity contribution in [2.24, 2.45) is 0 Å². The lowest BCUT2D eigenvalue weighted by molar-refractivity contribution is -0.133. The summed E-state index contributed by atoms with van der Waals surface area (Å²) >= 11 is 1.51. The topological polar surface area (TPSA) is 61.9 Å². The van der Waals surface area contributed by atoms with Crippen molar-refractivity contribution in [3.63, 3.8) is 0 Å². The minimum atomic E-state index is -0.615. The predicted molar refractivity (Wildman–Crippen MR) is 90.0 cm³/mol. The first kappa shape index (κ1) is 16.4. The van der Waals surface area contributed by atoms with E-state index in [1.54, 1.807) is 18.1 Å². The van der Waals surface area contributed by atoms with Crippen LogP contribution in [0.2, 0.25) is 0 Å². The van der Waals surface area contributed by atoms with Crippen molar-refractivity contribution in [1.29, 1.82) is 5.26 Å². The molecular weight excluding hydrogens is 308 g/mol. The molecule has 0 bridgehead atoms. The number of thioether (sulfide) groups is 1. The zero-order chi connectivity index (χ0) is 16.4. The normalized spacial score (nSPS) is 21.4. The number of carbonyl (C=O) groups is 1. The molecule has 2 fully saturated rings. The van der Waals surface area contributed by atoms with Gasteiger partial charge >= 0.3 is 0 Å². The van der Waals surface area contributed by atoms with Crippen molar-refractivity contribution in [1.82, 2.24) is 14.5 Å². The van der Waals surface area contributed by atoms with Crippen molar-refractivity contribution in [3.8, 4) is 6.07 Å². The molecule has 0 N–H and O–H groups in total. The van der Waals surface area contributed by atoms with Crippen molar-refractivity contribution in [2.45, 2.75) is 73.9 Å². The van der Waals surface area contributed by atoms with Crippen LogP contribution in [0.25, 0.3) is 0 Å². The van der Waals surface area contributed by atoms with Crippen LogP contribution in [0.5, 0.6) is 0 Å². The molecule has 6 heteroatoms. The number of amides is 1. The Hall–Kier alpha value is -1.48. The van der Waals surface area contributed by atoms with Crippen molar-refractivity contribution in [2.75, 3.05) is 7.05 Å². The lowest BCUT2D eigenvalue weighted by Gasteiger charge is -2.40. The fourth-order valence-electron chi connectivity index (χ4n) is 3.37. The van der Waals surface area contributed by atoms with Gasteiger partial charge in [-0.3, -0.25) is 4.79 Å². The van der Waals surface area contributed by atoms with Gasteiger partial charge in [-0.15, -0.1) is 0 Å². The molecule has 0 spiro atoms. The van der Waals surface area contributed by atoms with Crippen LogP contribution in [-0.2, 0) is 4.79 Å². The summed E-state index contributed by atoms with van der Waals surface area (Å²) in [5, 5.41) is 10.3. The molecule has 2 saturated carbocycles. The molecule has 23 heavy (non-hydrogen) atoms. The highest BCUT2D eigenvalue weighted by atomic mass is 32.2.